The van der Waals surface area contributed by atoms with Crippen LogP contribution in [-0.4, -0.2) is 64.0 Å². The number of pyridine rings is 2. The summed E-state index contributed by atoms with van der Waals surface area (Å²) in [6, 6.07) is 11.7. The van der Waals surface area contributed by atoms with E-state index in [0.717, 1.165) is 71.8 Å². The largest absolute Gasteiger partial charge is 0.354 e. The Bertz CT molecular complexity index is 1430. The number of carbonyl (C=O) groups excluding carboxylic acids is 1. The van der Waals surface area contributed by atoms with Gasteiger partial charge in [-0.1, -0.05) is 25.6 Å². The van der Waals surface area contributed by atoms with E-state index in [4.69, 9.17) is 4.98 Å². The molecule has 188 valence electrons. The smallest absolute Gasteiger partial charge is 0.247 e. The summed E-state index contributed by atoms with van der Waals surface area (Å²) in [6.07, 6.45) is 7.36. The fourth-order valence-electron chi connectivity index (χ4n) is 4.43. The van der Waals surface area contributed by atoms with Gasteiger partial charge in [-0.2, -0.15) is 0 Å². The average molecular weight is 495 g/mol. The molecule has 37 heavy (non-hydrogen) atoms. The standard InChI is InChI=1S/C28H30N8O/c1-4-19-6-7-20-17-31-28(33-22-8-9-24(30-18-22)36-14-12-35(3)13-15-36)34-27(20)26(19)23-16-21(10-11-29-23)32-25(37)5-2/h5-11,16-18H,2,4,12-15H2,1,3H3,(H,29,32,37)(H,31,33,34). The van der Waals surface area contributed by atoms with Crippen LogP contribution in [0.15, 0.2) is 67.6 Å². The monoisotopic (exact) mass is 494 g/mol. The number of aryl methyl sites for hydroxylation is 1. The Kier molecular flexibility index (Phi) is 7.04. The van der Waals surface area contributed by atoms with Gasteiger partial charge in [0.05, 0.1) is 23.1 Å². The Morgan fingerprint density at radius 3 is 2.59 bits per heavy atom. The van der Waals surface area contributed by atoms with Crippen LogP contribution in [0, 0.1) is 0 Å². The van der Waals surface area contributed by atoms with Crippen molar-refractivity contribution in [1.29, 1.82) is 0 Å². The van der Waals surface area contributed by atoms with Crippen LogP contribution in [0.3, 0.4) is 0 Å². The second kappa shape index (κ2) is 10.7. The molecule has 3 aromatic heterocycles. The minimum absolute atomic E-state index is 0.271. The molecule has 1 aromatic carbocycles. The molecule has 9 nitrogen and oxygen atoms in total. The number of fused-ring (bicyclic) bond motifs is 1. The molecule has 1 aliphatic rings. The molecule has 0 radical (unpaired) electrons. The zero-order chi connectivity index (χ0) is 25.8. The first-order valence-electron chi connectivity index (χ1n) is 12.4. The third-order valence-electron chi connectivity index (χ3n) is 6.52. The molecule has 0 atom stereocenters. The molecule has 4 aromatic rings. The number of benzene rings is 1. The summed E-state index contributed by atoms with van der Waals surface area (Å²) in [7, 11) is 2.14. The van der Waals surface area contributed by atoms with Crippen molar-refractivity contribution in [2.75, 3.05) is 48.8 Å². The average Bonchev–Trinajstić information content (AvgIpc) is 2.93. The topological polar surface area (TPSA) is 99.2 Å². The van der Waals surface area contributed by atoms with Crippen LogP contribution in [0.25, 0.3) is 22.2 Å². The van der Waals surface area contributed by atoms with E-state index in [1.807, 2.05) is 36.7 Å². The summed E-state index contributed by atoms with van der Waals surface area (Å²) < 4.78 is 0. The highest BCUT2D eigenvalue weighted by molar-refractivity contribution is 6.00. The lowest BCUT2D eigenvalue weighted by atomic mass is 9.98. The van der Waals surface area contributed by atoms with Gasteiger partial charge in [0.15, 0.2) is 0 Å². The van der Waals surface area contributed by atoms with Crippen molar-refractivity contribution in [3.05, 3.63) is 73.2 Å². The Morgan fingerprint density at radius 1 is 1.03 bits per heavy atom. The molecule has 9 heteroatoms. The lowest BCUT2D eigenvalue weighted by Gasteiger charge is -2.33. The maximum Gasteiger partial charge on any atom is 0.247 e. The van der Waals surface area contributed by atoms with Crippen LogP contribution in [0.1, 0.15) is 12.5 Å². The molecule has 0 bridgehead atoms. The first-order valence-corrected chi connectivity index (χ1v) is 12.4. The van der Waals surface area contributed by atoms with E-state index in [2.05, 4.69) is 62.0 Å². The summed E-state index contributed by atoms with van der Waals surface area (Å²) in [5.74, 6) is 1.18. The zero-order valence-electron chi connectivity index (χ0n) is 21.1. The van der Waals surface area contributed by atoms with E-state index < -0.39 is 0 Å². The number of amides is 1. The molecule has 0 aliphatic carbocycles. The molecule has 1 amide bonds. The molecule has 0 spiro atoms. The highest BCUT2D eigenvalue weighted by atomic mass is 16.1. The molecule has 1 saturated heterocycles. The number of nitrogens with one attached hydrogen (secondary N) is 2. The van der Waals surface area contributed by atoms with Crippen molar-refractivity contribution >= 4 is 40.0 Å². The van der Waals surface area contributed by atoms with Crippen LogP contribution in [0.2, 0.25) is 0 Å². The summed E-state index contributed by atoms with van der Waals surface area (Å²) >= 11 is 0. The van der Waals surface area contributed by atoms with Gasteiger partial charge in [-0.3, -0.25) is 9.78 Å². The van der Waals surface area contributed by atoms with Gasteiger partial charge in [0.2, 0.25) is 11.9 Å². The van der Waals surface area contributed by atoms with Crippen molar-refractivity contribution in [3.63, 3.8) is 0 Å². The molecule has 0 unspecified atom stereocenters. The first-order chi connectivity index (χ1) is 18.0. The maximum absolute atomic E-state index is 11.8. The van der Waals surface area contributed by atoms with Crippen LogP contribution in [0.4, 0.5) is 23.1 Å². The third-order valence-corrected chi connectivity index (χ3v) is 6.52. The van der Waals surface area contributed by atoms with Crippen molar-refractivity contribution in [3.8, 4) is 11.3 Å². The van der Waals surface area contributed by atoms with Gasteiger partial charge in [-0.25, -0.2) is 15.0 Å². The minimum atomic E-state index is -0.271. The number of anilines is 4. The van der Waals surface area contributed by atoms with E-state index in [1.165, 1.54) is 6.08 Å². The molecule has 5 rings (SSSR count). The first kappa shape index (κ1) is 24.3. The van der Waals surface area contributed by atoms with Gasteiger partial charge in [0.25, 0.3) is 0 Å². The second-order valence-electron chi connectivity index (χ2n) is 9.03. The van der Waals surface area contributed by atoms with Crippen molar-refractivity contribution in [2.24, 2.45) is 0 Å². The fourth-order valence-corrected chi connectivity index (χ4v) is 4.43. The van der Waals surface area contributed by atoms with Crippen LogP contribution >= 0.6 is 0 Å². The molecular weight excluding hydrogens is 464 g/mol. The number of piperazine rings is 1. The maximum atomic E-state index is 11.8. The Labute approximate surface area is 216 Å². The van der Waals surface area contributed by atoms with Crippen LogP contribution in [0.5, 0.6) is 0 Å². The van der Waals surface area contributed by atoms with E-state index in [9.17, 15) is 4.79 Å². The molecular formula is C28H30N8O. The van der Waals surface area contributed by atoms with Gasteiger partial charge in [0.1, 0.15) is 5.82 Å². The number of aromatic nitrogens is 4. The van der Waals surface area contributed by atoms with Gasteiger partial charge in [-0.15, -0.1) is 0 Å². The number of hydrogen-bond donors (Lipinski definition) is 2. The second-order valence-corrected chi connectivity index (χ2v) is 9.03. The lowest BCUT2D eigenvalue weighted by Crippen LogP contribution is -2.44. The molecule has 1 aliphatic heterocycles. The molecule has 2 N–H and O–H groups in total. The SMILES string of the molecule is C=CC(=O)Nc1ccnc(-c2c(CC)ccc3cnc(Nc4ccc(N5CCN(C)CC5)nc4)nc23)c1. The van der Waals surface area contributed by atoms with Crippen molar-refractivity contribution in [1.82, 2.24) is 24.8 Å². The van der Waals surface area contributed by atoms with Gasteiger partial charge >= 0.3 is 0 Å². The minimum Gasteiger partial charge on any atom is -0.354 e. The molecule has 4 heterocycles. The molecule has 1 fully saturated rings. The van der Waals surface area contributed by atoms with Crippen LogP contribution < -0.4 is 15.5 Å². The highest BCUT2D eigenvalue weighted by Crippen LogP contribution is 2.32. The van der Waals surface area contributed by atoms with E-state index in [0.29, 0.717) is 11.6 Å². The quantitative estimate of drug-likeness (QED) is 0.368. The van der Waals surface area contributed by atoms with E-state index >= 15 is 0 Å². The van der Waals surface area contributed by atoms with Crippen molar-refractivity contribution < 1.29 is 4.79 Å². The summed E-state index contributed by atoms with van der Waals surface area (Å²) in [6.45, 7) is 9.63. The number of rotatable bonds is 7. The lowest BCUT2D eigenvalue weighted by molar-refractivity contribution is -0.111. The van der Waals surface area contributed by atoms with Gasteiger partial charge in [0, 0.05) is 55.2 Å². The number of likely N-dealkylation sites (N-methyl/N-ethyl adjacent to an activating group) is 1. The normalized spacial score (nSPS) is 13.9. The van der Waals surface area contributed by atoms with Crippen LogP contribution in [-0.2, 0) is 11.2 Å². The number of hydrogen-bond acceptors (Lipinski definition) is 8. The third kappa shape index (κ3) is 5.41. The van der Waals surface area contributed by atoms with E-state index in [1.54, 1.807) is 12.3 Å². The summed E-state index contributed by atoms with van der Waals surface area (Å²) in [4.78, 5) is 35.1. The summed E-state index contributed by atoms with van der Waals surface area (Å²) in [5.41, 5.74) is 5.01. The van der Waals surface area contributed by atoms with E-state index in [-0.39, 0.29) is 5.91 Å². The van der Waals surface area contributed by atoms with Gasteiger partial charge < -0.3 is 20.4 Å². The highest BCUT2D eigenvalue weighted by Gasteiger charge is 2.16. The molecule has 0 saturated carbocycles. The number of carbonyl (C=O) groups is 1. The zero-order valence-corrected chi connectivity index (χ0v) is 21.1. The van der Waals surface area contributed by atoms with Crippen molar-refractivity contribution in [2.45, 2.75) is 13.3 Å². The summed E-state index contributed by atoms with van der Waals surface area (Å²) in [5, 5.41) is 7.01. The Balaban J connectivity index is 1.45. The fraction of sp³-hybridized carbons (Fsp3) is 0.250. The Morgan fingerprint density at radius 2 is 1.86 bits per heavy atom. The predicted molar refractivity (Wildman–Crippen MR) is 148 cm³/mol. The Hall–Kier alpha value is -4.37. The number of nitrogens with zero attached hydrogens (tertiary/aromatic N) is 6. The van der Waals surface area contributed by atoms with Gasteiger partial charge in [-0.05, 0) is 49.4 Å². The predicted octanol–water partition coefficient (Wildman–Crippen LogP) is 4.27.